The van der Waals surface area contributed by atoms with Gasteiger partial charge in [0.05, 0.1) is 16.3 Å². The Kier molecular flexibility index (Phi) is 2.67. The van der Waals surface area contributed by atoms with Crippen LogP contribution in [0.3, 0.4) is 0 Å². The van der Waals surface area contributed by atoms with Gasteiger partial charge in [-0.15, -0.1) is 11.6 Å². The first kappa shape index (κ1) is 11.4. The molecule has 0 aliphatic heterocycles. The molecule has 86 valence electrons. The summed E-state index contributed by atoms with van der Waals surface area (Å²) in [6.45, 7) is 0. The summed E-state index contributed by atoms with van der Waals surface area (Å²) in [5.41, 5.74) is 1.27. The second kappa shape index (κ2) is 3.75. The molecule has 0 unspecified atom stereocenters. The molecule has 6 heteroatoms. The number of sulfone groups is 1. The van der Waals surface area contributed by atoms with Crippen molar-refractivity contribution in [2.75, 3.05) is 6.26 Å². The number of para-hydroxylation sites is 1. The van der Waals surface area contributed by atoms with Crippen LogP contribution >= 0.6 is 11.6 Å². The molecular formula is C10H11ClN2O2S. The van der Waals surface area contributed by atoms with Gasteiger partial charge in [0.15, 0.2) is 9.84 Å². The maximum Gasteiger partial charge on any atom is 0.177 e. The molecule has 16 heavy (non-hydrogen) atoms. The third-order valence-electron chi connectivity index (χ3n) is 2.49. The SMILES string of the molecule is Cn1c(CCl)nc2c(S(C)(=O)=O)cccc21. The van der Waals surface area contributed by atoms with Crippen molar-refractivity contribution in [2.45, 2.75) is 10.8 Å². The largest absolute Gasteiger partial charge is 0.330 e. The molecule has 0 radical (unpaired) electrons. The van der Waals surface area contributed by atoms with Crippen LogP contribution in [0.15, 0.2) is 23.1 Å². The molecule has 0 amide bonds. The summed E-state index contributed by atoms with van der Waals surface area (Å²) in [7, 11) is -1.44. The fourth-order valence-corrected chi connectivity index (χ4v) is 2.72. The van der Waals surface area contributed by atoms with E-state index in [4.69, 9.17) is 11.6 Å². The zero-order valence-corrected chi connectivity index (χ0v) is 10.5. The van der Waals surface area contributed by atoms with E-state index < -0.39 is 9.84 Å². The summed E-state index contributed by atoms with van der Waals surface area (Å²) in [5, 5.41) is 0. The van der Waals surface area contributed by atoms with E-state index in [-0.39, 0.29) is 10.8 Å². The summed E-state index contributed by atoms with van der Waals surface area (Å²) in [6.07, 6.45) is 1.18. The van der Waals surface area contributed by atoms with Gasteiger partial charge in [0.25, 0.3) is 0 Å². The van der Waals surface area contributed by atoms with E-state index in [1.165, 1.54) is 6.26 Å². The zero-order chi connectivity index (χ0) is 11.9. The fourth-order valence-electron chi connectivity index (χ4n) is 1.66. The van der Waals surface area contributed by atoms with Crippen LogP contribution in [0.1, 0.15) is 5.82 Å². The molecule has 1 heterocycles. The van der Waals surface area contributed by atoms with Gasteiger partial charge < -0.3 is 4.57 Å². The first-order valence-corrected chi connectivity index (χ1v) is 7.08. The third-order valence-corrected chi connectivity index (χ3v) is 3.85. The number of benzene rings is 1. The van der Waals surface area contributed by atoms with Crippen LogP contribution in [0.4, 0.5) is 0 Å². The lowest BCUT2D eigenvalue weighted by atomic mass is 10.3. The molecule has 0 fully saturated rings. The number of rotatable bonds is 2. The van der Waals surface area contributed by atoms with Crippen LogP contribution in [-0.2, 0) is 22.8 Å². The second-order valence-corrected chi connectivity index (χ2v) is 5.87. The van der Waals surface area contributed by atoms with Crippen molar-refractivity contribution in [3.8, 4) is 0 Å². The van der Waals surface area contributed by atoms with E-state index in [1.54, 1.807) is 16.7 Å². The second-order valence-electron chi connectivity index (χ2n) is 3.62. The first-order valence-electron chi connectivity index (χ1n) is 4.65. The third kappa shape index (κ3) is 1.70. The zero-order valence-electron chi connectivity index (χ0n) is 8.94. The molecule has 2 aromatic rings. The Balaban J connectivity index is 2.89. The highest BCUT2D eigenvalue weighted by atomic mass is 35.5. The van der Waals surface area contributed by atoms with Crippen molar-refractivity contribution >= 4 is 32.5 Å². The molecule has 2 rings (SSSR count). The molecule has 0 saturated carbocycles. The summed E-state index contributed by atoms with van der Waals surface area (Å²) < 4.78 is 24.9. The number of hydrogen-bond donors (Lipinski definition) is 0. The lowest BCUT2D eigenvalue weighted by Gasteiger charge is -2.00. The number of imidazole rings is 1. The van der Waals surface area contributed by atoms with Gasteiger partial charge in [0.1, 0.15) is 11.3 Å². The number of nitrogens with zero attached hydrogens (tertiary/aromatic N) is 2. The monoisotopic (exact) mass is 258 g/mol. The minimum Gasteiger partial charge on any atom is -0.330 e. The average molecular weight is 259 g/mol. The van der Waals surface area contributed by atoms with E-state index >= 15 is 0 Å². The van der Waals surface area contributed by atoms with Gasteiger partial charge in [-0.05, 0) is 12.1 Å². The Morgan fingerprint density at radius 3 is 2.69 bits per heavy atom. The molecular weight excluding hydrogens is 248 g/mol. The Bertz CT molecular complexity index is 646. The van der Waals surface area contributed by atoms with E-state index in [2.05, 4.69) is 4.98 Å². The molecule has 0 aliphatic rings. The maximum absolute atomic E-state index is 11.6. The highest BCUT2D eigenvalue weighted by Gasteiger charge is 2.16. The van der Waals surface area contributed by atoms with Crippen LogP contribution in [0.2, 0.25) is 0 Å². The Morgan fingerprint density at radius 2 is 2.12 bits per heavy atom. The number of fused-ring (bicyclic) bond motifs is 1. The average Bonchev–Trinajstić information content (AvgIpc) is 2.54. The molecule has 4 nitrogen and oxygen atoms in total. The van der Waals surface area contributed by atoms with Crippen molar-refractivity contribution < 1.29 is 8.42 Å². The molecule has 0 aliphatic carbocycles. The van der Waals surface area contributed by atoms with Crippen molar-refractivity contribution in [1.29, 1.82) is 0 Å². The Hall–Kier alpha value is -1.07. The summed E-state index contributed by atoms with van der Waals surface area (Å²) >= 11 is 5.74. The fraction of sp³-hybridized carbons (Fsp3) is 0.300. The summed E-state index contributed by atoms with van der Waals surface area (Å²) in [5.74, 6) is 0.918. The highest BCUT2D eigenvalue weighted by molar-refractivity contribution is 7.91. The highest BCUT2D eigenvalue weighted by Crippen LogP contribution is 2.23. The van der Waals surface area contributed by atoms with Gasteiger partial charge in [0.2, 0.25) is 0 Å². The molecule has 0 N–H and O–H groups in total. The number of halogens is 1. The topological polar surface area (TPSA) is 52.0 Å². The van der Waals surface area contributed by atoms with E-state index in [0.29, 0.717) is 11.3 Å². The number of alkyl halides is 1. The summed E-state index contributed by atoms with van der Waals surface area (Å²) in [4.78, 5) is 4.50. The number of aromatic nitrogens is 2. The molecule has 0 saturated heterocycles. The lowest BCUT2D eigenvalue weighted by molar-refractivity contribution is 0.602. The van der Waals surface area contributed by atoms with Crippen LogP contribution in [-0.4, -0.2) is 24.2 Å². The minimum atomic E-state index is -3.26. The van der Waals surface area contributed by atoms with Crippen molar-refractivity contribution in [2.24, 2.45) is 7.05 Å². The predicted molar refractivity (Wildman–Crippen MR) is 63.4 cm³/mol. The van der Waals surface area contributed by atoms with E-state index in [0.717, 1.165) is 5.52 Å². The van der Waals surface area contributed by atoms with Crippen molar-refractivity contribution in [3.05, 3.63) is 24.0 Å². The Morgan fingerprint density at radius 1 is 1.44 bits per heavy atom. The lowest BCUT2D eigenvalue weighted by Crippen LogP contribution is -1.98. The number of hydrogen-bond acceptors (Lipinski definition) is 3. The van der Waals surface area contributed by atoms with Gasteiger partial charge in [-0.25, -0.2) is 13.4 Å². The molecule has 1 aromatic heterocycles. The van der Waals surface area contributed by atoms with Crippen molar-refractivity contribution in [3.63, 3.8) is 0 Å². The van der Waals surface area contributed by atoms with Gasteiger partial charge >= 0.3 is 0 Å². The smallest absolute Gasteiger partial charge is 0.177 e. The summed E-state index contributed by atoms with van der Waals surface area (Å²) in [6, 6.07) is 5.09. The van der Waals surface area contributed by atoms with E-state index in [9.17, 15) is 8.42 Å². The van der Waals surface area contributed by atoms with Crippen molar-refractivity contribution in [1.82, 2.24) is 9.55 Å². The minimum absolute atomic E-state index is 0.247. The quantitative estimate of drug-likeness (QED) is 0.771. The molecule has 0 atom stereocenters. The van der Waals surface area contributed by atoms with E-state index in [1.807, 2.05) is 13.1 Å². The van der Waals surface area contributed by atoms with Crippen LogP contribution in [0.25, 0.3) is 11.0 Å². The molecule has 0 spiro atoms. The van der Waals surface area contributed by atoms with Gasteiger partial charge in [-0.3, -0.25) is 0 Å². The van der Waals surface area contributed by atoms with Gasteiger partial charge in [-0.1, -0.05) is 6.07 Å². The first-order chi connectivity index (χ1) is 7.45. The van der Waals surface area contributed by atoms with Gasteiger partial charge in [-0.2, -0.15) is 0 Å². The molecule has 0 bridgehead atoms. The van der Waals surface area contributed by atoms with Crippen LogP contribution < -0.4 is 0 Å². The number of aryl methyl sites for hydroxylation is 1. The molecule has 1 aromatic carbocycles. The normalized spacial score (nSPS) is 12.2. The predicted octanol–water partition coefficient (Wildman–Crippen LogP) is 1.72. The van der Waals surface area contributed by atoms with Gasteiger partial charge in [0, 0.05) is 13.3 Å². The maximum atomic E-state index is 11.6. The van der Waals surface area contributed by atoms with Crippen LogP contribution in [0, 0.1) is 0 Å². The van der Waals surface area contributed by atoms with Crippen LogP contribution in [0.5, 0.6) is 0 Å². The standard InChI is InChI=1S/C10H11ClN2O2S/c1-13-7-4-3-5-8(16(2,14)15)10(7)12-9(13)6-11/h3-5H,6H2,1-2H3. The Labute approximate surface area is 98.8 Å².